The van der Waals surface area contributed by atoms with E-state index in [0.29, 0.717) is 74.0 Å². The average Bonchev–Trinajstić information content (AvgIpc) is 1.07. The smallest absolute Gasteiger partial charge is 0.338 e. The Labute approximate surface area is 606 Å². The van der Waals surface area contributed by atoms with E-state index in [2.05, 4.69) is 150 Å². The summed E-state index contributed by atoms with van der Waals surface area (Å²) in [5.41, 5.74) is 25.4. The minimum Gasteiger partial charge on any atom is -0.481 e. The number of aliphatic hydroxyl groups excluding tert-OH is 2. The first kappa shape index (κ1) is 79.1. The number of hydrogen-bond donors (Lipinski definition) is 7. The van der Waals surface area contributed by atoms with Gasteiger partial charge in [0.05, 0.1) is 88.2 Å². The molecule has 7 aromatic carbocycles. The number of ketones is 1. The molecule has 22 nitrogen and oxygen atoms in total. The zero-order chi connectivity index (χ0) is 69.0. The van der Waals surface area contributed by atoms with Crippen molar-refractivity contribution in [3.8, 4) is 0 Å². The number of Topliss-reactive ketones (excluding diaryl/α,β-unsaturated/α-hetero) is 1. The van der Waals surface area contributed by atoms with Crippen LogP contribution in [0.2, 0.25) is 0 Å². The van der Waals surface area contributed by atoms with Gasteiger partial charge in [-0.25, -0.2) is 19.2 Å². The van der Waals surface area contributed by atoms with Crippen LogP contribution >= 0.6 is 127 Å². The Bertz CT molecular complexity index is 3760. The minimum absolute atomic E-state index is 0.0347. The van der Waals surface area contributed by atoms with Gasteiger partial charge in [0.15, 0.2) is 5.78 Å². The molecule has 3 unspecified atom stereocenters. The Balaban J connectivity index is 0.000000197. The standard InChI is InChI=1S/C10H9BrO5.C9H8BrN3O.C9H10BrNO.C9H9BrO2.C9H7BrO2.C8H7BrO3.C8H5BrO2.C2H3BrO2/c11-7-1-2-8(10(14)15)6(3-7)4-16-5-9(12)13;10-7-1-2-8-6(3-7)4-14-5-9(8)12-13-11;3*10-7-1-2-8-6(3-7)4-12-5-9(8)11;9-6-1-2-7(8(11)12)5(3-6)4-10;9-6-1-2-7-5(3-6)4-11-8(7)10;3-1-2(4)5/h1-3H,4-5H2,(H,12,13)(H,14,15);1-3,9H,4-5H2;1-3,9H,4-5,11H2;1-3,9,11H,4-5H2;1-3H,4-5H2;1-3,10H,4H2,(H,11,12);1-3H,4H2;1H2,(H,4,5). The summed E-state index contributed by atoms with van der Waals surface area (Å²) in [7, 11) is 0. The number of ether oxygens (including phenoxy) is 6. The number of carboxylic acid groups (broad SMARTS) is 4. The molecule has 5 heterocycles. The fraction of sp³-hybridized carbons (Fsp3) is 0.250. The van der Waals surface area contributed by atoms with Crippen LogP contribution in [0.4, 0.5) is 0 Å². The van der Waals surface area contributed by atoms with Crippen LogP contribution in [0, 0.1) is 0 Å². The molecule has 7 aromatic rings. The molecular formula is C64H58Br8N4O18. The first-order chi connectivity index (χ1) is 44.8. The molecule has 12 rings (SSSR count). The van der Waals surface area contributed by atoms with Crippen molar-refractivity contribution in [2.24, 2.45) is 10.8 Å². The van der Waals surface area contributed by atoms with Crippen LogP contribution in [0.5, 0.6) is 0 Å². The van der Waals surface area contributed by atoms with E-state index in [-0.39, 0.29) is 60.1 Å². The van der Waals surface area contributed by atoms with Crippen molar-refractivity contribution in [1.29, 1.82) is 0 Å². The number of azide groups is 1. The average molecular weight is 1810 g/mol. The number of benzene rings is 7. The summed E-state index contributed by atoms with van der Waals surface area (Å²) >= 11 is 25.9. The van der Waals surface area contributed by atoms with Crippen molar-refractivity contribution in [1.82, 2.24) is 0 Å². The highest BCUT2D eigenvalue weighted by atomic mass is 79.9. The highest BCUT2D eigenvalue weighted by molar-refractivity contribution is 9.11. The number of alkyl halides is 1. The normalized spacial score (nSPS) is 15.6. The van der Waals surface area contributed by atoms with Gasteiger partial charge in [0, 0.05) is 47.3 Å². The van der Waals surface area contributed by atoms with E-state index in [1.165, 1.54) is 23.3 Å². The van der Waals surface area contributed by atoms with Crippen molar-refractivity contribution in [3.05, 3.63) is 247 Å². The highest BCUT2D eigenvalue weighted by Crippen LogP contribution is 2.32. The maximum absolute atomic E-state index is 11.3. The number of esters is 1. The van der Waals surface area contributed by atoms with E-state index in [0.717, 1.165) is 65.8 Å². The van der Waals surface area contributed by atoms with Gasteiger partial charge in [0.1, 0.15) is 31.3 Å². The van der Waals surface area contributed by atoms with Crippen LogP contribution in [0.15, 0.2) is 164 Å². The molecule has 0 radical (unpaired) electrons. The van der Waals surface area contributed by atoms with Gasteiger partial charge in [0.2, 0.25) is 0 Å². The fourth-order valence-electron chi connectivity index (χ4n) is 8.82. The topological polar surface area (TPSA) is 354 Å². The minimum atomic E-state index is -1.09. The van der Waals surface area contributed by atoms with Crippen molar-refractivity contribution < 1.29 is 87.8 Å². The number of carbonyl (C=O) groups excluding carboxylic acids is 2. The van der Waals surface area contributed by atoms with Crippen LogP contribution in [0.25, 0.3) is 10.4 Å². The monoisotopic (exact) mass is 1800 g/mol. The van der Waals surface area contributed by atoms with Crippen LogP contribution in [-0.2, 0) is 84.3 Å². The number of rotatable bonds is 9. The highest BCUT2D eigenvalue weighted by Gasteiger charge is 2.23. The zero-order valence-electron chi connectivity index (χ0n) is 49.1. The third-order valence-corrected chi connectivity index (χ3v) is 17.0. The van der Waals surface area contributed by atoms with Crippen molar-refractivity contribution in [2.75, 3.05) is 38.4 Å². The molecule has 0 aliphatic carbocycles. The molecule has 0 saturated carbocycles. The van der Waals surface area contributed by atoms with Crippen molar-refractivity contribution in [2.45, 2.75) is 64.4 Å². The molecule has 5 aliphatic rings. The van der Waals surface area contributed by atoms with Crippen LogP contribution in [0.3, 0.4) is 0 Å². The molecule has 5 aliphatic heterocycles. The van der Waals surface area contributed by atoms with E-state index in [9.17, 15) is 33.9 Å². The molecule has 0 spiro atoms. The molecule has 0 fully saturated rings. The maximum atomic E-state index is 11.3. The summed E-state index contributed by atoms with van der Waals surface area (Å²) < 4.78 is 37.2. The first-order valence-corrected chi connectivity index (χ1v) is 34.1. The van der Waals surface area contributed by atoms with Gasteiger partial charge in [-0.3, -0.25) is 9.59 Å². The van der Waals surface area contributed by atoms with E-state index in [1.807, 2.05) is 72.8 Å². The lowest BCUT2D eigenvalue weighted by atomic mass is 10.00. The lowest BCUT2D eigenvalue weighted by Gasteiger charge is -2.22. The Morgan fingerprint density at radius 3 is 1.49 bits per heavy atom. The molecule has 0 amide bonds. The Hall–Kier alpha value is -5.61. The van der Waals surface area contributed by atoms with Crippen LogP contribution in [-0.4, -0.2) is 105 Å². The number of fused-ring (bicyclic) bond motifs is 5. The molecule has 0 saturated heterocycles. The second-order valence-electron chi connectivity index (χ2n) is 19.8. The lowest BCUT2D eigenvalue weighted by Crippen LogP contribution is -2.23. The quantitative estimate of drug-likeness (QED) is 0.0232. The number of nitrogens with two attached hydrogens (primary N) is 1. The van der Waals surface area contributed by atoms with Gasteiger partial charge in [0.25, 0.3) is 0 Å². The number of cyclic esters (lactones) is 1. The first-order valence-electron chi connectivity index (χ1n) is 27.4. The van der Waals surface area contributed by atoms with Crippen molar-refractivity contribution in [3.63, 3.8) is 0 Å². The van der Waals surface area contributed by atoms with Gasteiger partial charge in [-0.2, -0.15) is 0 Å². The number of aliphatic hydroxyl groups is 2. The predicted octanol–water partition coefficient (Wildman–Crippen LogP) is 15.5. The number of aromatic carboxylic acids is 2. The molecule has 94 heavy (non-hydrogen) atoms. The number of halogens is 8. The molecule has 0 bridgehead atoms. The summed E-state index contributed by atoms with van der Waals surface area (Å²) in [5, 5.41) is 55.6. The number of nitrogens with zero attached hydrogens (tertiary/aromatic N) is 3. The van der Waals surface area contributed by atoms with E-state index in [1.54, 1.807) is 30.3 Å². The van der Waals surface area contributed by atoms with Gasteiger partial charge in [-0.1, -0.05) is 151 Å². The van der Waals surface area contributed by atoms with Crippen molar-refractivity contribution >= 4 is 163 Å². The van der Waals surface area contributed by atoms with Gasteiger partial charge < -0.3 is 64.8 Å². The molecule has 498 valence electrons. The molecule has 30 heteroatoms. The number of carboxylic acids is 4. The summed E-state index contributed by atoms with van der Waals surface area (Å²) in [6, 6.07) is 38.2. The maximum Gasteiger partial charge on any atom is 0.338 e. The van der Waals surface area contributed by atoms with Crippen LogP contribution in [0.1, 0.15) is 115 Å². The van der Waals surface area contributed by atoms with Crippen LogP contribution < -0.4 is 5.73 Å². The lowest BCUT2D eigenvalue weighted by molar-refractivity contribution is -0.142. The van der Waals surface area contributed by atoms with Gasteiger partial charge in [-0.15, -0.1) is 0 Å². The predicted molar refractivity (Wildman–Crippen MR) is 373 cm³/mol. The van der Waals surface area contributed by atoms with Gasteiger partial charge in [-0.05, 0) is 165 Å². The number of aliphatic carboxylic acids is 2. The molecular weight excluding hydrogens is 1750 g/mol. The molecule has 3 atom stereocenters. The van der Waals surface area contributed by atoms with E-state index >= 15 is 0 Å². The second kappa shape index (κ2) is 40.8. The third kappa shape index (κ3) is 26.1. The summed E-state index contributed by atoms with van der Waals surface area (Å²) in [6.07, 6.45) is -0.457. The Kier molecular flexibility index (Phi) is 34.3. The Morgan fingerprint density at radius 2 is 0.957 bits per heavy atom. The van der Waals surface area contributed by atoms with Gasteiger partial charge >= 0.3 is 29.8 Å². The molecule has 8 N–H and O–H groups in total. The fourth-order valence-corrected chi connectivity index (χ4v) is 11.7. The summed E-state index contributed by atoms with van der Waals surface area (Å²) in [6.45, 7) is 3.80. The zero-order valence-corrected chi connectivity index (χ0v) is 61.8. The molecule has 0 aromatic heterocycles. The SMILES string of the molecule is NC1COCc2cc(Br)ccc21.O=C(O)CBr.O=C(O)COCc1cc(Br)ccc1C(=O)O.O=C(O)c1ccc(Br)cc1CO.O=C1COCc2cc(Br)ccc21.O=C1OCc2cc(Br)ccc21.OC1COCc2cc(Br)ccc21.[N-]=[N+]=NC1COCc2cc(Br)ccc21. The largest absolute Gasteiger partial charge is 0.481 e. The van der Waals surface area contributed by atoms with E-state index < -0.39 is 36.6 Å². The second-order valence-corrected chi connectivity index (χ2v) is 26.8. The summed E-state index contributed by atoms with van der Waals surface area (Å²) in [4.78, 5) is 66.0. The van der Waals surface area contributed by atoms with E-state index in [4.69, 9.17) is 65.2 Å². The Morgan fingerprint density at radius 1 is 0.532 bits per heavy atom. The third-order valence-electron chi connectivity index (χ3n) is 13.1. The number of carbonyl (C=O) groups is 6. The summed E-state index contributed by atoms with van der Waals surface area (Å²) in [5.74, 6) is -4.15. The number of hydrogen-bond acceptors (Lipinski definition) is 16.